The van der Waals surface area contributed by atoms with Crippen LogP contribution in [-0.4, -0.2) is 16.7 Å². The van der Waals surface area contributed by atoms with Crippen molar-refractivity contribution in [2.45, 2.75) is 0 Å². The first-order valence-corrected chi connectivity index (χ1v) is 6.86. The molecule has 5 nitrogen and oxygen atoms in total. The van der Waals surface area contributed by atoms with E-state index in [0.717, 1.165) is 5.39 Å². The molecule has 3 aromatic rings. The number of nitrogen functional groups attached to an aromatic ring is 1. The van der Waals surface area contributed by atoms with Gasteiger partial charge in [0, 0.05) is 27.1 Å². The van der Waals surface area contributed by atoms with Crippen molar-refractivity contribution < 1.29 is 9.59 Å². The third-order valence-corrected chi connectivity index (χ3v) is 3.67. The molecule has 0 saturated heterocycles. The molecule has 22 heavy (non-hydrogen) atoms. The zero-order chi connectivity index (χ0) is 15.9. The zero-order valence-corrected chi connectivity index (χ0v) is 12.1. The fraction of sp³-hybridized carbons (Fsp3) is 0. The van der Waals surface area contributed by atoms with Crippen LogP contribution in [0.4, 0.5) is 5.69 Å². The molecule has 1 heterocycles. The Hall–Kier alpha value is -2.79. The van der Waals surface area contributed by atoms with E-state index < -0.39 is 5.91 Å². The summed E-state index contributed by atoms with van der Waals surface area (Å²) in [4.78, 5) is 26.8. The lowest BCUT2D eigenvalue weighted by atomic mass is 10.0. The first-order chi connectivity index (χ1) is 10.5. The number of aromatic amines is 1. The van der Waals surface area contributed by atoms with Gasteiger partial charge in [-0.3, -0.25) is 9.59 Å². The third kappa shape index (κ3) is 2.31. The van der Waals surface area contributed by atoms with Gasteiger partial charge >= 0.3 is 0 Å². The van der Waals surface area contributed by atoms with E-state index in [1.807, 2.05) is 0 Å². The van der Waals surface area contributed by atoms with Crippen molar-refractivity contribution in [3.63, 3.8) is 0 Å². The van der Waals surface area contributed by atoms with Crippen molar-refractivity contribution in [1.29, 1.82) is 0 Å². The molecular formula is C16H12ClN3O2. The van der Waals surface area contributed by atoms with Crippen LogP contribution in [-0.2, 0) is 0 Å². The predicted octanol–water partition coefficient (Wildman–Crippen LogP) is 2.73. The summed E-state index contributed by atoms with van der Waals surface area (Å²) in [5, 5.41) is 1.27. The molecule has 0 bridgehead atoms. The van der Waals surface area contributed by atoms with Gasteiger partial charge in [0.2, 0.25) is 11.7 Å². The number of primary amides is 1. The van der Waals surface area contributed by atoms with Crippen molar-refractivity contribution in [2.24, 2.45) is 5.73 Å². The number of hydrogen-bond acceptors (Lipinski definition) is 3. The van der Waals surface area contributed by atoms with Gasteiger partial charge in [-0.2, -0.15) is 0 Å². The first-order valence-electron chi connectivity index (χ1n) is 6.48. The van der Waals surface area contributed by atoms with Gasteiger partial charge in [0.25, 0.3) is 0 Å². The van der Waals surface area contributed by atoms with Gasteiger partial charge in [0.1, 0.15) is 5.69 Å². The second kappa shape index (κ2) is 5.20. The van der Waals surface area contributed by atoms with Gasteiger partial charge in [-0.15, -0.1) is 0 Å². The monoisotopic (exact) mass is 313 g/mol. The van der Waals surface area contributed by atoms with Gasteiger partial charge in [0.15, 0.2) is 0 Å². The number of halogens is 1. The molecule has 1 aromatic heterocycles. The largest absolute Gasteiger partial charge is 0.396 e. The van der Waals surface area contributed by atoms with Crippen molar-refractivity contribution in [1.82, 2.24) is 4.98 Å². The van der Waals surface area contributed by atoms with E-state index in [2.05, 4.69) is 4.98 Å². The number of benzene rings is 2. The number of ketones is 1. The quantitative estimate of drug-likeness (QED) is 0.648. The lowest BCUT2D eigenvalue weighted by Gasteiger charge is -2.02. The molecule has 6 heteroatoms. The number of H-pyrrole nitrogens is 1. The van der Waals surface area contributed by atoms with Crippen LogP contribution in [0.5, 0.6) is 0 Å². The summed E-state index contributed by atoms with van der Waals surface area (Å²) in [6, 6.07) is 11.4. The van der Waals surface area contributed by atoms with E-state index in [0.29, 0.717) is 21.8 Å². The van der Waals surface area contributed by atoms with Crippen LogP contribution in [0.1, 0.15) is 26.4 Å². The van der Waals surface area contributed by atoms with Crippen LogP contribution in [0.25, 0.3) is 10.9 Å². The maximum Gasteiger partial charge on any atom is 0.248 e. The van der Waals surface area contributed by atoms with Crippen molar-refractivity contribution in [3.8, 4) is 0 Å². The smallest absolute Gasteiger partial charge is 0.248 e. The lowest BCUT2D eigenvalue weighted by molar-refractivity contribution is 0.1000. The number of rotatable bonds is 3. The minimum atomic E-state index is -0.592. The summed E-state index contributed by atoms with van der Waals surface area (Å²) < 4.78 is 0. The minimum absolute atomic E-state index is 0.263. The highest BCUT2D eigenvalue weighted by Gasteiger charge is 2.18. The molecule has 0 unspecified atom stereocenters. The third-order valence-electron chi connectivity index (χ3n) is 3.44. The van der Waals surface area contributed by atoms with Gasteiger partial charge in [0.05, 0.1) is 5.69 Å². The Kier molecular flexibility index (Phi) is 3.35. The van der Waals surface area contributed by atoms with Crippen molar-refractivity contribution in [3.05, 3.63) is 64.3 Å². The second-order valence-corrected chi connectivity index (χ2v) is 5.31. The van der Waals surface area contributed by atoms with Crippen LogP contribution >= 0.6 is 11.6 Å². The number of anilines is 1. The number of aromatic nitrogens is 1. The lowest BCUT2D eigenvalue weighted by Crippen LogP contribution is -2.12. The van der Waals surface area contributed by atoms with E-state index in [9.17, 15) is 9.59 Å². The number of nitrogens with one attached hydrogen (secondary N) is 1. The summed E-state index contributed by atoms with van der Waals surface area (Å²) in [5.41, 5.74) is 13.2. The maximum absolute atomic E-state index is 12.6. The summed E-state index contributed by atoms with van der Waals surface area (Å²) in [5.74, 6) is -0.904. The van der Waals surface area contributed by atoms with Crippen LogP contribution in [0.3, 0.4) is 0 Å². The number of nitrogens with two attached hydrogens (primary N) is 2. The Morgan fingerprint density at radius 3 is 2.50 bits per heavy atom. The maximum atomic E-state index is 12.6. The Balaban J connectivity index is 2.11. The number of carbonyl (C=O) groups excluding carboxylic acids is 2. The molecule has 0 aliphatic carbocycles. The van der Waals surface area contributed by atoms with Crippen molar-refractivity contribution in [2.75, 3.05) is 5.73 Å². The topological polar surface area (TPSA) is 102 Å². The Bertz CT molecular complexity index is 915. The summed E-state index contributed by atoms with van der Waals surface area (Å²) in [6.45, 7) is 0. The standard InChI is InChI=1S/C16H12ClN3O2/c17-10-4-5-11-12(7-10)20-14(13(11)18)15(21)8-2-1-3-9(6-8)16(19)22/h1-7,20H,18H2,(H2,19,22). The fourth-order valence-corrected chi connectivity index (χ4v) is 2.50. The number of fused-ring (bicyclic) bond motifs is 1. The van der Waals surface area contributed by atoms with Gasteiger partial charge < -0.3 is 16.5 Å². The molecule has 0 aliphatic rings. The highest BCUT2D eigenvalue weighted by Crippen LogP contribution is 2.28. The average Bonchev–Trinajstić information content (AvgIpc) is 2.83. The zero-order valence-electron chi connectivity index (χ0n) is 11.4. The minimum Gasteiger partial charge on any atom is -0.396 e. The van der Waals surface area contributed by atoms with Gasteiger partial charge in [-0.25, -0.2) is 0 Å². The molecule has 0 saturated carbocycles. The van der Waals surface area contributed by atoms with Crippen LogP contribution in [0.15, 0.2) is 42.5 Å². The summed E-state index contributed by atoms with van der Waals surface area (Å²) in [7, 11) is 0. The SMILES string of the molecule is NC(=O)c1cccc(C(=O)c2[nH]c3cc(Cl)ccc3c2N)c1. The molecule has 3 rings (SSSR count). The van der Waals surface area contributed by atoms with Gasteiger partial charge in [-0.05, 0) is 30.3 Å². The molecule has 0 aliphatic heterocycles. The number of carbonyl (C=O) groups is 2. The molecule has 5 N–H and O–H groups in total. The van der Waals surface area contributed by atoms with Crippen LogP contribution in [0, 0.1) is 0 Å². The highest BCUT2D eigenvalue weighted by molar-refractivity contribution is 6.31. The van der Waals surface area contributed by atoms with E-state index in [4.69, 9.17) is 23.1 Å². The molecular weight excluding hydrogens is 302 g/mol. The second-order valence-electron chi connectivity index (χ2n) is 4.88. The van der Waals surface area contributed by atoms with E-state index in [1.54, 1.807) is 36.4 Å². The Labute approximate surface area is 130 Å². The van der Waals surface area contributed by atoms with E-state index in [-0.39, 0.29) is 17.0 Å². The summed E-state index contributed by atoms with van der Waals surface area (Å²) >= 11 is 5.94. The average molecular weight is 314 g/mol. The molecule has 0 spiro atoms. The highest BCUT2D eigenvalue weighted by atomic mass is 35.5. The van der Waals surface area contributed by atoms with Crippen LogP contribution in [0.2, 0.25) is 5.02 Å². The Morgan fingerprint density at radius 2 is 1.77 bits per heavy atom. The molecule has 1 amide bonds. The molecule has 0 fully saturated rings. The summed E-state index contributed by atoms with van der Waals surface area (Å²) in [6.07, 6.45) is 0. The molecule has 110 valence electrons. The Morgan fingerprint density at radius 1 is 1.05 bits per heavy atom. The molecule has 0 radical (unpaired) electrons. The van der Waals surface area contributed by atoms with Gasteiger partial charge in [-0.1, -0.05) is 23.7 Å². The molecule has 0 atom stereocenters. The number of hydrogen-bond donors (Lipinski definition) is 3. The van der Waals surface area contributed by atoms with Crippen LogP contribution < -0.4 is 11.5 Å². The van der Waals surface area contributed by atoms with E-state index >= 15 is 0 Å². The molecule has 2 aromatic carbocycles. The number of amides is 1. The normalized spacial score (nSPS) is 10.8. The van der Waals surface area contributed by atoms with Crippen molar-refractivity contribution >= 4 is 39.9 Å². The first kappa shape index (κ1) is 14.2. The fourth-order valence-electron chi connectivity index (χ4n) is 2.33. The predicted molar refractivity (Wildman–Crippen MR) is 86.1 cm³/mol. The van der Waals surface area contributed by atoms with E-state index in [1.165, 1.54) is 6.07 Å².